The third kappa shape index (κ3) is 7.28. The van der Waals surface area contributed by atoms with Gasteiger partial charge in [-0.05, 0) is 45.4 Å². The van der Waals surface area contributed by atoms with E-state index in [1.54, 1.807) is 0 Å². The summed E-state index contributed by atoms with van der Waals surface area (Å²) in [5.74, 6) is 6.11. The van der Waals surface area contributed by atoms with E-state index in [0.717, 1.165) is 44.0 Å². The highest BCUT2D eigenvalue weighted by Gasteiger charge is 2.44. The van der Waals surface area contributed by atoms with Crippen molar-refractivity contribution >= 4 is 8.32 Å². The lowest BCUT2D eigenvalue weighted by Gasteiger charge is -2.42. The standard InChI is InChI=1S/C30H43NO3Si/c1-23(2)35(24(3)4,25(5)6)34-22-28-9-7-26(8-10-28)13-16-30(32)29-14-11-27(12-15-29)21-31-17-19-33-20-18-31/h7-12,14-15,23-25,30,32H,17-22H2,1-6H3. The quantitative estimate of drug-likeness (QED) is 0.329. The van der Waals surface area contributed by atoms with Gasteiger partial charge in [-0.25, -0.2) is 0 Å². The summed E-state index contributed by atoms with van der Waals surface area (Å²) in [5, 5.41) is 10.6. The second-order valence-corrected chi connectivity index (χ2v) is 16.1. The van der Waals surface area contributed by atoms with E-state index in [-0.39, 0.29) is 0 Å². The molecule has 4 nitrogen and oxygen atoms in total. The molecule has 1 fully saturated rings. The van der Waals surface area contributed by atoms with E-state index in [2.05, 4.69) is 82.5 Å². The number of ether oxygens (including phenoxy) is 1. The Balaban J connectivity index is 1.58. The second kappa shape index (κ2) is 12.8. The molecule has 0 aliphatic carbocycles. The number of hydrogen-bond donors (Lipinski definition) is 1. The molecule has 2 aromatic carbocycles. The van der Waals surface area contributed by atoms with E-state index >= 15 is 0 Å². The number of morpholine rings is 1. The zero-order valence-corrected chi connectivity index (χ0v) is 23.4. The van der Waals surface area contributed by atoms with Crippen LogP contribution in [-0.4, -0.2) is 44.6 Å². The van der Waals surface area contributed by atoms with Gasteiger partial charge in [0, 0.05) is 25.2 Å². The molecule has 0 saturated carbocycles. The molecule has 2 aromatic rings. The zero-order valence-electron chi connectivity index (χ0n) is 22.4. The topological polar surface area (TPSA) is 41.9 Å². The molecular formula is C30H43NO3Si. The van der Waals surface area contributed by atoms with Gasteiger partial charge >= 0.3 is 0 Å². The van der Waals surface area contributed by atoms with Crippen molar-refractivity contribution in [2.24, 2.45) is 0 Å². The first-order valence-electron chi connectivity index (χ1n) is 13.0. The zero-order chi connectivity index (χ0) is 25.4. The van der Waals surface area contributed by atoms with Crippen molar-refractivity contribution in [2.75, 3.05) is 26.3 Å². The summed E-state index contributed by atoms with van der Waals surface area (Å²) < 4.78 is 12.1. The van der Waals surface area contributed by atoms with Gasteiger partial charge in [0.2, 0.25) is 8.32 Å². The molecule has 190 valence electrons. The molecule has 1 unspecified atom stereocenters. The molecule has 1 N–H and O–H groups in total. The smallest absolute Gasteiger partial charge is 0.200 e. The molecule has 0 spiro atoms. The van der Waals surface area contributed by atoms with Crippen LogP contribution in [0.5, 0.6) is 0 Å². The fourth-order valence-electron chi connectivity index (χ4n) is 5.45. The molecule has 1 heterocycles. The van der Waals surface area contributed by atoms with Gasteiger partial charge in [0.1, 0.15) is 6.10 Å². The average molecular weight is 494 g/mol. The van der Waals surface area contributed by atoms with E-state index < -0.39 is 14.4 Å². The minimum Gasteiger partial charge on any atom is -0.412 e. The largest absolute Gasteiger partial charge is 0.412 e. The Labute approximate surface area is 213 Å². The summed E-state index contributed by atoms with van der Waals surface area (Å²) in [6.45, 7) is 19.0. The number of nitrogens with zero attached hydrogens (tertiary/aromatic N) is 1. The molecule has 0 bridgehead atoms. The number of hydrogen-bond acceptors (Lipinski definition) is 4. The highest BCUT2D eigenvalue weighted by Crippen LogP contribution is 2.42. The van der Waals surface area contributed by atoms with Crippen molar-refractivity contribution in [3.8, 4) is 11.8 Å². The van der Waals surface area contributed by atoms with Crippen LogP contribution in [0.1, 0.15) is 69.9 Å². The van der Waals surface area contributed by atoms with Gasteiger partial charge in [0.25, 0.3) is 0 Å². The van der Waals surface area contributed by atoms with Gasteiger partial charge < -0.3 is 14.3 Å². The Morgan fingerprint density at radius 3 is 1.94 bits per heavy atom. The summed E-state index contributed by atoms with van der Waals surface area (Å²) in [7, 11) is -1.88. The van der Waals surface area contributed by atoms with Gasteiger partial charge in [0.05, 0.1) is 19.8 Å². The third-order valence-corrected chi connectivity index (χ3v) is 13.4. The van der Waals surface area contributed by atoms with Gasteiger partial charge in [-0.15, -0.1) is 0 Å². The van der Waals surface area contributed by atoms with Gasteiger partial charge in [-0.3, -0.25) is 4.90 Å². The maximum Gasteiger partial charge on any atom is 0.200 e. The van der Waals surface area contributed by atoms with Crippen molar-refractivity contribution in [2.45, 2.75) is 77.4 Å². The van der Waals surface area contributed by atoms with E-state index in [0.29, 0.717) is 23.2 Å². The monoisotopic (exact) mass is 493 g/mol. The molecule has 1 atom stereocenters. The molecule has 0 amide bonds. The molecule has 5 heteroatoms. The fraction of sp³-hybridized carbons (Fsp3) is 0.533. The summed E-state index contributed by atoms with van der Waals surface area (Å²) in [5.41, 5.74) is 5.86. The SMILES string of the molecule is CC(C)[Si](OCc1ccc(C#CC(O)c2ccc(CN3CCOCC3)cc2)cc1)(C(C)C)C(C)C. The normalized spacial score (nSPS) is 15.9. The van der Waals surface area contributed by atoms with Crippen LogP contribution in [0.25, 0.3) is 0 Å². The number of aliphatic hydroxyl groups is 1. The summed E-state index contributed by atoms with van der Waals surface area (Å²) in [6, 6.07) is 16.3. The number of aliphatic hydroxyl groups excluding tert-OH is 1. The number of benzene rings is 2. The average Bonchev–Trinajstić information content (AvgIpc) is 2.84. The third-order valence-electron chi connectivity index (χ3n) is 7.31. The molecule has 1 saturated heterocycles. The first kappa shape index (κ1) is 27.6. The molecule has 1 aliphatic heterocycles. The van der Waals surface area contributed by atoms with Crippen LogP contribution in [-0.2, 0) is 22.3 Å². The lowest BCUT2D eigenvalue weighted by molar-refractivity contribution is 0.0342. The van der Waals surface area contributed by atoms with Crippen LogP contribution in [0.3, 0.4) is 0 Å². The van der Waals surface area contributed by atoms with Crippen molar-refractivity contribution in [3.05, 3.63) is 70.8 Å². The van der Waals surface area contributed by atoms with Crippen LogP contribution < -0.4 is 0 Å². The summed E-state index contributed by atoms with van der Waals surface area (Å²) in [4.78, 5) is 2.39. The Morgan fingerprint density at radius 2 is 1.40 bits per heavy atom. The molecular weight excluding hydrogens is 450 g/mol. The lowest BCUT2D eigenvalue weighted by atomic mass is 10.1. The Hall–Kier alpha value is -1.94. The van der Waals surface area contributed by atoms with E-state index in [1.807, 2.05) is 24.3 Å². The molecule has 3 rings (SSSR count). The van der Waals surface area contributed by atoms with Crippen molar-refractivity contribution in [1.82, 2.24) is 4.90 Å². The minimum absolute atomic E-state index is 0.572. The highest BCUT2D eigenvalue weighted by molar-refractivity contribution is 6.77. The number of rotatable bonds is 9. The van der Waals surface area contributed by atoms with Crippen LogP contribution in [0, 0.1) is 11.8 Å². The molecule has 0 radical (unpaired) electrons. The van der Waals surface area contributed by atoms with Crippen LogP contribution in [0.2, 0.25) is 16.6 Å². The Morgan fingerprint density at radius 1 is 0.857 bits per heavy atom. The van der Waals surface area contributed by atoms with Crippen LogP contribution in [0.15, 0.2) is 48.5 Å². The first-order valence-corrected chi connectivity index (χ1v) is 15.2. The van der Waals surface area contributed by atoms with Crippen molar-refractivity contribution in [1.29, 1.82) is 0 Å². The minimum atomic E-state index is -1.88. The van der Waals surface area contributed by atoms with E-state index in [1.165, 1.54) is 11.1 Å². The van der Waals surface area contributed by atoms with E-state index in [9.17, 15) is 5.11 Å². The predicted molar refractivity (Wildman–Crippen MR) is 147 cm³/mol. The Bertz CT molecular complexity index is 946. The maximum absolute atomic E-state index is 10.6. The van der Waals surface area contributed by atoms with Gasteiger partial charge in [-0.2, -0.15) is 0 Å². The van der Waals surface area contributed by atoms with E-state index in [4.69, 9.17) is 9.16 Å². The van der Waals surface area contributed by atoms with Crippen molar-refractivity contribution in [3.63, 3.8) is 0 Å². The van der Waals surface area contributed by atoms with Crippen molar-refractivity contribution < 1.29 is 14.3 Å². The first-order chi connectivity index (χ1) is 16.7. The fourth-order valence-corrected chi connectivity index (χ4v) is 10.9. The second-order valence-electron chi connectivity index (χ2n) is 10.6. The molecule has 0 aromatic heterocycles. The molecule has 35 heavy (non-hydrogen) atoms. The maximum atomic E-state index is 10.6. The predicted octanol–water partition coefficient (Wildman–Crippen LogP) is 6.30. The van der Waals surface area contributed by atoms with Crippen LogP contribution in [0.4, 0.5) is 0 Å². The van der Waals surface area contributed by atoms with Gasteiger partial charge in [0.15, 0.2) is 0 Å². The molecule has 1 aliphatic rings. The highest BCUT2D eigenvalue weighted by atomic mass is 28.4. The Kier molecular flexibility index (Phi) is 10.1. The summed E-state index contributed by atoms with van der Waals surface area (Å²) in [6.07, 6.45) is -0.801. The van der Waals surface area contributed by atoms with Crippen LogP contribution >= 0.6 is 0 Å². The lowest BCUT2D eigenvalue weighted by Crippen LogP contribution is -2.47. The van der Waals surface area contributed by atoms with Gasteiger partial charge in [-0.1, -0.05) is 89.8 Å². The summed E-state index contributed by atoms with van der Waals surface area (Å²) >= 11 is 0.